The van der Waals surface area contributed by atoms with E-state index >= 15 is 0 Å². The number of hydrogen-bond acceptors (Lipinski definition) is 3. The Labute approximate surface area is 92.1 Å². The van der Waals surface area contributed by atoms with Crippen LogP contribution in [0.15, 0.2) is 0 Å². The molecular formula is C8H13F2NO4S. The standard InChI is InChI=1S/C8H13F2NO4S/c9-8(10)16(14,15)11(5-7(12)13)6-3-1-2-4-6/h6,8H,1-5H2,(H,12,13). The van der Waals surface area contributed by atoms with Gasteiger partial charge in [-0.15, -0.1) is 0 Å². The van der Waals surface area contributed by atoms with Gasteiger partial charge in [-0.1, -0.05) is 12.8 Å². The minimum atomic E-state index is -4.80. The highest BCUT2D eigenvalue weighted by atomic mass is 32.2. The maximum absolute atomic E-state index is 12.3. The average molecular weight is 257 g/mol. The van der Waals surface area contributed by atoms with Gasteiger partial charge >= 0.3 is 11.7 Å². The Bertz CT molecular complexity index is 351. The number of alkyl halides is 2. The maximum Gasteiger partial charge on any atom is 0.350 e. The van der Waals surface area contributed by atoms with E-state index in [1.54, 1.807) is 0 Å². The molecule has 0 amide bonds. The molecule has 0 heterocycles. The Morgan fingerprint density at radius 1 is 1.38 bits per heavy atom. The molecule has 0 aromatic rings. The van der Waals surface area contributed by atoms with Crippen LogP contribution in [-0.2, 0) is 14.8 Å². The van der Waals surface area contributed by atoms with E-state index in [0.29, 0.717) is 17.1 Å². The van der Waals surface area contributed by atoms with E-state index in [2.05, 4.69) is 0 Å². The maximum atomic E-state index is 12.3. The Balaban J connectivity index is 2.90. The monoisotopic (exact) mass is 257 g/mol. The average Bonchev–Trinajstić information content (AvgIpc) is 2.65. The fourth-order valence-electron chi connectivity index (χ4n) is 1.85. The highest BCUT2D eigenvalue weighted by Crippen LogP contribution is 2.27. The van der Waals surface area contributed by atoms with E-state index in [4.69, 9.17) is 5.11 Å². The minimum Gasteiger partial charge on any atom is -0.480 e. The van der Waals surface area contributed by atoms with Crippen molar-refractivity contribution in [1.29, 1.82) is 0 Å². The summed E-state index contributed by atoms with van der Waals surface area (Å²) in [7, 11) is -4.80. The second kappa shape index (κ2) is 5.05. The number of carboxylic acids is 1. The van der Waals surface area contributed by atoms with Crippen LogP contribution in [0.5, 0.6) is 0 Å². The van der Waals surface area contributed by atoms with Crippen LogP contribution in [-0.4, -0.2) is 42.1 Å². The van der Waals surface area contributed by atoms with Crippen molar-refractivity contribution in [3.05, 3.63) is 0 Å². The van der Waals surface area contributed by atoms with Gasteiger partial charge in [0, 0.05) is 6.04 Å². The molecule has 1 aliphatic rings. The molecule has 16 heavy (non-hydrogen) atoms. The smallest absolute Gasteiger partial charge is 0.350 e. The van der Waals surface area contributed by atoms with Gasteiger partial charge in [0.2, 0.25) is 0 Å². The van der Waals surface area contributed by atoms with E-state index in [1.807, 2.05) is 0 Å². The molecule has 0 aromatic carbocycles. The van der Waals surface area contributed by atoms with Crippen LogP contribution in [0.1, 0.15) is 25.7 Å². The van der Waals surface area contributed by atoms with Crippen LogP contribution >= 0.6 is 0 Å². The molecular weight excluding hydrogens is 244 g/mol. The van der Waals surface area contributed by atoms with Gasteiger partial charge in [0.25, 0.3) is 10.0 Å². The Morgan fingerprint density at radius 2 is 1.88 bits per heavy atom. The number of carbonyl (C=O) groups is 1. The quantitative estimate of drug-likeness (QED) is 0.793. The van der Waals surface area contributed by atoms with Crippen molar-refractivity contribution in [3.8, 4) is 0 Å². The number of aliphatic carboxylic acids is 1. The lowest BCUT2D eigenvalue weighted by Crippen LogP contribution is -2.44. The van der Waals surface area contributed by atoms with E-state index in [-0.39, 0.29) is 0 Å². The molecule has 0 spiro atoms. The summed E-state index contributed by atoms with van der Waals surface area (Å²) in [6.07, 6.45) is 2.36. The summed E-state index contributed by atoms with van der Waals surface area (Å²) in [5.74, 6) is -4.98. The Kier molecular flexibility index (Phi) is 4.20. The fourth-order valence-corrected chi connectivity index (χ4v) is 2.98. The molecule has 0 bridgehead atoms. The van der Waals surface area contributed by atoms with Crippen molar-refractivity contribution < 1.29 is 27.1 Å². The van der Waals surface area contributed by atoms with Crippen molar-refractivity contribution >= 4 is 16.0 Å². The second-order valence-electron chi connectivity index (χ2n) is 3.68. The lowest BCUT2D eigenvalue weighted by molar-refractivity contribution is -0.137. The first-order valence-electron chi connectivity index (χ1n) is 4.86. The molecule has 1 N–H and O–H groups in total. The molecule has 1 saturated carbocycles. The highest BCUT2D eigenvalue weighted by molar-refractivity contribution is 7.89. The number of carboxylic acid groups (broad SMARTS) is 1. The van der Waals surface area contributed by atoms with Gasteiger partial charge in [0.05, 0.1) is 0 Å². The minimum absolute atomic E-state index is 0.424. The SMILES string of the molecule is O=C(O)CN(C1CCCC1)S(=O)(=O)C(F)F. The number of rotatable bonds is 5. The van der Waals surface area contributed by atoms with Gasteiger partial charge in [0.15, 0.2) is 0 Å². The van der Waals surface area contributed by atoms with Crippen LogP contribution in [0.2, 0.25) is 0 Å². The topological polar surface area (TPSA) is 74.7 Å². The van der Waals surface area contributed by atoms with E-state index in [0.717, 1.165) is 12.8 Å². The molecule has 94 valence electrons. The normalized spacial score (nSPS) is 18.5. The van der Waals surface area contributed by atoms with Gasteiger partial charge < -0.3 is 5.11 Å². The molecule has 5 nitrogen and oxygen atoms in total. The zero-order chi connectivity index (χ0) is 12.3. The van der Waals surface area contributed by atoms with Crippen LogP contribution in [0.3, 0.4) is 0 Å². The molecule has 1 rings (SSSR count). The van der Waals surface area contributed by atoms with Gasteiger partial charge in [-0.3, -0.25) is 4.79 Å². The Morgan fingerprint density at radius 3 is 2.25 bits per heavy atom. The zero-order valence-electron chi connectivity index (χ0n) is 8.47. The zero-order valence-corrected chi connectivity index (χ0v) is 9.29. The first kappa shape index (κ1) is 13.3. The number of halogens is 2. The molecule has 0 aliphatic heterocycles. The third-order valence-corrected chi connectivity index (χ3v) is 4.11. The van der Waals surface area contributed by atoms with Gasteiger partial charge in [0.1, 0.15) is 6.54 Å². The molecule has 8 heteroatoms. The molecule has 0 radical (unpaired) electrons. The van der Waals surface area contributed by atoms with Crippen LogP contribution < -0.4 is 0 Å². The van der Waals surface area contributed by atoms with Crippen LogP contribution in [0.4, 0.5) is 8.78 Å². The van der Waals surface area contributed by atoms with Crippen molar-refractivity contribution in [2.45, 2.75) is 37.5 Å². The Hall–Kier alpha value is -0.760. The molecule has 1 aliphatic carbocycles. The number of nitrogens with zero attached hydrogens (tertiary/aromatic N) is 1. The number of hydrogen-bond donors (Lipinski definition) is 1. The van der Waals surface area contributed by atoms with Crippen molar-refractivity contribution in [1.82, 2.24) is 4.31 Å². The third kappa shape index (κ3) is 2.88. The molecule has 0 unspecified atom stereocenters. The first-order valence-corrected chi connectivity index (χ1v) is 6.36. The van der Waals surface area contributed by atoms with Gasteiger partial charge in [-0.05, 0) is 12.8 Å². The summed E-state index contributed by atoms with van der Waals surface area (Å²) in [6.45, 7) is -0.892. The van der Waals surface area contributed by atoms with Crippen LogP contribution in [0.25, 0.3) is 0 Å². The van der Waals surface area contributed by atoms with Crippen molar-refractivity contribution in [2.24, 2.45) is 0 Å². The predicted octanol–water partition coefficient (Wildman–Crippen LogP) is 0.868. The van der Waals surface area contributed by atoms with E-state index in [1.165, 1.54) is 0 Å². The second-order valence-corrected chi connectivity index (χ2v) is 5.54. The molecule has 0 atom stereocenters. The molecule has 1 fully saturated rings. The lowest BCUT2D eigenvalue weighted by Gasteiger charge is -2.25. The molecule has 0 aromatic heterocycles. The predicted molar refractivity (Wildman–Crippen MR) is 51.5 cm³/mol. The summed E-state index contributed by atoms with van der Waals surface area (Å²) >= 11 is 0. The van der Waals surface area contributed by atoms with E-state index in [9.17, 15) is 22.0 Å². The van der Waals surface area contributed by atoms with Gasteiger partial charge in [-0.25, -0.2) is 8.42 Å². The summed E-state index contributed by atoms with van der Waals surface area (Å²) in [6, 6.07) is -0.602. The summed E-state index contributed by atoms with van der Waals surface area (Å²) in [5.41, 5.74) is 0. The summed E-state index contributed by atoms with van der Waals surface area (Å²) in [5, 5.41) is 8.54. The van der Waals surface area contributed by atoms with Crippen molar-refractivity contribution in [2.75, 3.05) is 6.54 Å². The number of sulfonamides is 1. The first-order chi connectivity index (χ1) is 7.35. The van der Waals surface area contributed by atoms with Gasteiger partial charge in [-0.2, -0.15) is 13.1 Å². The largest absolute Gasteiger partial charge is 0.480 e. The lowest BCUT2D eigenvalue weighted by atomic mass is 10.2. The van der Waals surface area contributed by atoms with E-state index < -0.39 is 34.3 Å². The third-order valence-electron chi connectivity index (χ3n) is 2.58. The molecule has 0 saturated heterocycles. The fraction of sp³-hybridized carbons (Fsp3) is 0.875. The van der Waals surface area contributed by atoms with Crippen molar-refractivity contribution in [3.63, 3.8) is 0 Å². The highest BCUT2D eigenvalue weighted by Gasteiger charge is 2.39. The summed E-state index contributed by atoms with van der Waals surface area (Å²) < 4.78 is 47.6. The van der Waals surface area contributed by atoms with Crippen LogP contribution in [0, 0.1) is 0 Å². The summed E-state index contributed by atoms with van der Waals surface area (Å²) in [4.78, 5) is 10.5.